The van der Waals surface area contributed by atoms with Crippen LogP contribution in [0.15, 0.2) is 29.2 Å². The average molecular weight is 286 g/mol. The van der Waals surface area contributed by atoms with Crippen LogP contribution < -0.4 is 5.73 Å². The molecule has 2 nitrogen and oxygen atoms in total. The first-order chi connectivity index (χ1) is 7.86. The number of halogens is 4. The highest BCUT2D eigenvalue weighted by atomic mass is 35.5. The fourth-order valence-electron chi connectivity index (χ4n) is 1.30. The molecule has 0 spiro atoms. The molecule has 2 N–H and O–H groups in total. The highest BCUT2D eigenvalue weighted by Crippen LogP contribution is 2.30. The minimum absolute atomic E-state index is 0.0632. The third-order valence-electron chi connectivity index (χ3n) is 2.08. The zero-order valence-corrected chi connectivity index (χ0v) is 10.3. The van der Waals surface area contributed by atoms with Gasteiger partial charge in [-0.3, -0.25) is 4.21 Å². The molecule has 0 fully saturated rings. The van der Waals surface area contributed by atoms with Crippen molar-refractivity contribution in [1.82, 2.24) is 0 Å². The fourth-order valence-corrected chi connectivity index (χ4v) is 2.93. The van der Waals surface area contributed by atoms with Crippen molar-refractivity contribution >= 4 is 22.4 Å². The van der Waals surface area contributed by atoms with E-state index in [2.05, 4.69) is 0 Å². The summed E-state index contributed by atoms with van der Waals surface area (Å²) < 4.78 is 49.8. The lowest BCUT2D eigenvalue weighted by Crippen LogP contribution is -2.35. The minimum atomic E-state index is -4.54. The Morgan fingerprint density at radius 2 is 2.06 bits per heavy atom. The van der Waals surface area contributed by atoms with Crippen LogP contribution in [0.5, 0.6) is 0 Å². The normalized spacial score (nSPS) is 15.6. The van der Waals surface area contributed by atoms with E-state index in [0.29, 0.717) is 0 Å². The van der Waals surface area contributed by atoms with Crippen LogP contribution >= 0.6 is 11.6 Å². The van der Waals surface area contributed by atoms with E-state index in [1.807, 2.05) is 0 Å². The van der Waals surface area contributed by atoms with Gasteiger partial charge in [-0.25, -0.2) is 0 Å². The molecular weight excluding hydrogens is 275 g/mol. The molecule has 0 radical (unpaired) electrons. The van der Waals surface area contributed by atoms with Gasteiger partial charge in [0.15, 0.2) is 0 Å². The topological polar surface area (TPSA) is 43.1 Å². The Morgan fingerprint density at radius 1 is 1.41 bits per heavy atom. The molecule has 7 heteroatoms. The molecule has 2 unspecified atom stereocenters. The van der Waals surface area contributed by atoms with Gasteiger partial charge in [0.05, 0.1) is 10.8 Å². The summed E-state index contributed by atoms with van der Waals surface area (Å²) in [5, 5.41) is -1.70. The second-order valence-electron chi connectivity index (χ2n) is 3.36. The minimum Gasteiger partial charge on any atom is -0.330 e. The maximum Gasteiger partial charge on any atom is 0.403 e. The standard InChI is InChI=1S/C10H11ClF3NOS/c11-7-2-1-3-8(6-7)17(16)9(4-5-15)10(12,13)14/h1-3,6,9H,4-5,15H2. The summed E-state index contributed by atoms with van der Waals surface area (Å²) in [6, 6.07) is 5.60. The van der Waals surface area contributed by atoms with Gasteiger partial charge >= 0.3 is 6.18 Å². The predicted octanol–water partition coefficient (Wildman–Crippen LogP) is 2.73. The highest BCUT2D eigenvalue weighted by molar-refractivity contribution is 7.85. The lowest BCUT2D eigenvalue weighted by Gasteiger charge is -2.19. The summed E-state index contributed by atoms with van der Waals surface area (Å²) >= 11 is 5.64. The maximum absolute atomic E-state index is 12.7. The monoisotopic (exact) mass is 285 g/mol. The van der Waals surface area contributed by atoms with Crippen molar-refractivity contribution in [2.24, 2.45) is 5.73 Å². The second-order valence-corrected chi connectivity index (χ2v) is 5.43. The number of hydrogen-bond acceptors (Lipinski definition) is 2. The Bertz CT molecular complexity index is 411. The fraction of sp³-hybridized carbons (Fsp3) is 0.400. The first-order valence-electron chi connectivity index (χ1n) is 4.79. The Morgan fingerprint density at radius 3 is 2.53 bits per heavy atom. The van der Waals surface area contributed by atoms with Gasteiger partial charge < -0.3 is 5.73 Å². The summed E-state index contributed by atoms with van der Waals surface area (Å²) in [5.41, 5.74) is 5.11. The Hall–Kier alpha value is -0.590. The number of hydrogen-bond donors (Lipinski definition) is 1. The van der Waals surface area contributed by atoms with E-state index in [4.69, 9.17) is 17.3 Å². The summed E-state index contributed by atoms with van der Waals surface area (Å²) in [4.78, 5) is 0.0632. The predicted molar refractivity (Wildman–Crippen MR) is 61.4 cm³/mol. The SMILES string of the molecule is NCCC(S(=O)c1cccc(Cl)c1)C(F)(F)F. The third kappa shape index (κ3) is 3.97. The van der Waals surface area contributed by atoms with Gasteiger partial charge in [-0.2, -0.15) is 13.2 Å². The molecule has 0 bridgehead atoms. The van der Waals surface area contributed by atoms with Gasteiger partial charge in [-0.15, -0.1) is 0 Å². The van der Waals surface area contributed by atoms with Crippen LogP contribution in [0.4, 0.5) is 13.2 Å². The van der Waals surface area contributed by atoms with Crippen molar-refractivity contribution in [2.45, 2.75) is 22.7 Å². The summed E-state index contributed by atoms with van der Waals surface area (Å²) in [7, 11) is -2.19. The molecule has 1 aromatic carbocycles. The van der Waals surface area contributed by atoms with Crippen LogP contribution in [0.1, 0.15) is 6.42 Å². The molecule has 0 aliphatic heterocycles. The van der Waals surface area contributed by atoms with Crippen molar-refractivity contribution in [3.8, 4) is 0 Å². The largest absolute Gasteiger partial charge is 0.403 e. The quantitative estimate of drug-likeness (QED) is 0.924. The van der Waals surface area contributed by atoms with Crippen LogP contribution in [-0.4, -0.2) is 22.2 Å². The van der Waals surface area contributed by atoms with Crippen molar-refractivity contribution in [3.63, 3.8) is 0 Å². The molecule has 1 aromatic rings. The van der Waals surface area contributed by atoms with Gasteiger partial charge in [-0.1, -0.05) is 17.7 Å². The van der Waals surface area contributed by atoms with E-state index in [1.54, 1.807) is 0 Å². The van der Waals surface area contributed by atoms with Crippen LogP contribution in [0, 0.1) is 0 Å². The van der Waals surface area contributed by atoms with Gasteiger partial charge in [0.2, 0.25) is 0 Å². The van der Waals surface area contributed by atoms with Crippen LogP contribution in [0.2, 0.25) is 5.02 Å². The van der Waals surface area contributed by atoms with Gasteiger partial charge in [0, 0.05) is 9.92 Å². The molecule has 0 aromatic heterocycles. The van der Waals surface area contributed by atoms with E-state index >= 15 is 0 Å². The van der Waals surface area contributed by atoms with E-state index < -0.39 is 22.2 Å². The lowest BCUT2D eigenvalue weighted by molar-refractivity contribution is -0.130. The first kappa shape index (κ1) is 14.5. The molecule has 0 saturated carbocycles. The lowest BCUT2D eigenvalue weighted by atomic mass is 10.3. The highest BCUT2D eigenvalue weighted by Gasteiger charge is 2.43. The van der Waals surface area contributed by atoms with Crippen molar-refractivity contribution in [2.75, 3.05) is 6.54 Å². The Balaban J connectivity index is 3.00. The van der Waals surface area contributed by atoms with Crippen LogP contribution in [-0.2, 0) is 10.8 Å². The number of nitrogens with two attached hydrogens (primary N) is 1. The molecule has 96 valence electrons. The van der Waals surface area contributed by atoms with Crippen LogP contribution in [0.25, 0.3) is 0 Å². The summed E-state index contributed by atoms with van der Waals surface area (Å²) in [6.45, 7) is -0.170. The van der Waals surface area contributed by atoms with Crippen LogP contribution in [0.3, 0.4) is 0 Å². The van der Waals surface area contributed by atoms with E-state index in [0.717, 1.165) is 0 Å². The smallest absolute Gasteiger partial charge is 0.330 e. The molecule has 0 heterocycles. The van der Waals surface area contributed by atoms with Gasteiger partial charge in [0.25, 0.3) is 0 Å². The summed E-state index contributed by atoms with van der Waals surface area (Å²) in [6.07, 6.45) is -4.91. The summed E-state index contributed by atoms with van der Waals surface area (Å²) in [5.74, 6) is 0. The van der Waals surface area contributed by atoms with Crippen molar-refractivity contribution < 1.29 is 17.4 Å². The zero-order valence-electron chi connectivity index (χ0n) is 8.71. The molecule has 0 aliphatic rings. The molecule has 17 heavy (non-hydrogen) atoms. The molecular formula is C10H11ClF3NOS. The van der Waals surface area contributed by atoms with E-state index in [9.17, 15) is 17.4 Å². The number of benzene rings is 1. The molecule has 0 saturated heterocycles. The van der Waals surface area contributed by atoms with E-state index in [-0.39, 0.29) is 22.9 Å². The molecule has 2 atom stereocenters. The van der Waals surface area contributed by atoms with Crippen molar-refractivity contribution in [1.29, 1.82) is 0 Å². The second kappa shape index (κ2) is 5.84. The van der Waals surface area contributed by atoms with Gasteiger partial charge in [-0.05, 0) is 31.2 Å². The Labute approximate surface area is 104 Å². The van der Waals surface area contributed by atoms with Gasteiger partial charge in [0.1, 0.15) is 5.25 Å². The maximum atomic E-state index is 12.7. The third-order valence-corrected chi connectivity index (χ3v) is 4.05. The molecule has 0 aliphatic carbocycles. The average Bonchev–Trinajstić information content (AvgIpc) is 2.23. The molecule has 1 rings (SSSR count). The van der Waals surface area contributed by atoms with Crippen molar-refractivity contribution in [3.05, 3.63) is 29.3 Å². The first-order valence-corrected chi connectivity index (χ1v) is 6.38. The Kier molecular flexibility index (Phi) is 4.97. The number of rotatable bonds is 4. The number of alkyl halides is 3. The molecule has 0 amide bonds. The zero-order chi connectivity index (χ0) is 13.1. The van der Waals surface area contributed by atoms with E-state index in [1.165, 1.54) is 24.3 Å².